The van der Waals surface area contributed by atoms with Gasteiger partial charge >= 0.3 is 0 Å². The number of carbonyl (C=O) groups is 1. The fraction of sp³-hybridized carbons (Fsp3) is 0.933. The average Bonchev–Trinajstić information content (AvgIpc) is 2.64. The molecule has 2 atom stereocenters. The molecule has 3 heteroatoms. The molecule has 0 radical (unpaired) electrons. The summed E-state index contributed by atoms with van der Waals surface area (Å²) in [5.41, 5.74) is 0. The minimum Gasteiger partial charge on any atom is -0.326 e. The Bertz CT molecular complexity index is 284. The van der Waals surface area contributed by atoms with Crippen molar-refractivity contribution in [2.45, 2.75) is 71.5 Å². The molecule has 1 amide bonds. The Kier molecular flexibility index (Phi) is 4.66. The number of nitrogens with zero attached hydrogens (tertiary/aromatic N) is 1. The van der Waals surface area contributed by atoms with E-state index in [1.54, 1.807) is 0 Å². The second-order valence-electron chi connectivity index (χ2n) is 6.39. The molecule has 2 fully saturated rings. The Labute approximate surface area is 111 Å². The molecule has 2 aliphatic rings. The molecule has 0 aromatic carbocycles. The molecule has 2 unspecified atom stereocenters. The summed E-state index contributed by atoms with van der Waals surface area (Å²) in [5.74, 6) is 1.56. The summed E-state index contributed by atoms with van der Waals surface area (Å²) in [6, 6.07) is 0.0337. The third kappa shape index (κ3) is 3.05. The van der Waals surface area contributed by atoms with Crippen LogP contribution in [0.4, 0.5) is 0 Å². The zero-order valence-corrected chi connectivity index (χ0v) is 12.1. The van der Waals surface area contributed by atoms with E-state index in [2.05, 4.69) is 31.0 Å². The van der Waals surface area contributed by atoms with Gasteiger partial charge in [-0.2, -0.15) is 0 Å². The van der Waals surface area contributed by atoms with Crippen molar-refractivity contribution in [2.75, 3.05) is 6.54 Å². The second kappa shape index (κ2) is 6.05. The summed E-state index contributed by atoms with van der Waals surface area (Å²) in [6.45, 7) is 7.29. The van der Waals surface area contributed by atoms with Gasteiger partial charge in [-0.25, -0.2) is 0 Å². The minimum atomic E-state index is 0.0337. The van der Waals surface area contributed by atoms with E-state index in [4.69, 9.17) is 0 Å². The summed E-state index contributed by atoms with van der Waals surface area (Å²) in [7, 11) is 0. The second-order valence-corrected chi connectivity index (χ2v) is 6.39. The van der Waals surface area contributed by atoms with Gasteiger partial charge in [0.2, 0.25) is 5.91 Å². The molecule has 1 saturated heterocycles. The van der Waals surface area contributed by atoms with Crippen molar-refractivity contribution in [1.82, 2.24) is 10.2 Å². The number of hydrogen-bond donors (Lipinski definition) is 1. The van der Waals surface area contributed by atoms with Crippen molar-refractivity contribution in [3.8, 4) is 0 Å². The lowest BCUT2D eigenvalue weighted by Crippen LogP contribution is -2.36. The van der Waals surface area contributed by atoms with Gasteiger partial charge in [-0.15, -0.1) is 0 Å². The Hall–Kier alpha value is -0.570. The molecule has 104 valence electrons. The lowest BCUT2D eigenvalue weighted by Gasteiger charge is -2.26. The Balaban J connectivity index is 1.83. The summed E-state index contributed by atoms with van der Waals surface area (Å²) < 4.78 is 0. The highest BCUT2D eigenvalue weighted by Crippen LogP contribution is 2.27. The van der Waals surface area contributed by atoms with E-state index in [-0.39, 0.29) is 12.2 Å². The third-order valence-corrected chi connectivity index (χ3v) is 4.61. The first-order chi connectivity index (χ1) is 8.59. The molecule has 1 N–H and O–H groups in total. The van der Waals surface area contributed by atoms with Gasteiger partial charge in [0.15, 0.2) is 0 Å². The van der Waals surface area contributed by atoms with Gasteiger partial charge in [0.05, 0.1) is 12.2 Å². The summed E-state index contributed by atoms with van der Waals surface area (Å²) >= 11 is 0. The maximum Gasteiger partial charge on any atom is 0.241 e. The molecular formula is C15H28N2O. The van der Waals surface area contributed by atoms with E-state index < -0.39 is 0 Å². The molecular weight excluding hydrogens is 224 g/mol. The Morgan fingerprint density at radius 1 is 1.28 bits per heavy atom. The summed E-state index contributed by atoms with van der Waals surface area (Å²) in [5, 5.41) is 3.42. The standard InChI is InChI=1S/C15H28N2O/c1-11(2)14-15(18)17(12(3)16-14)10-9-13-7-5-4-6-8-13/h11-14,16H,4-10H2,1-3H3. The zero-order valence-electron chi connectivity index (χ0n) is 12.1. The Morgan fingerprint density at radius 3 is 2.50 bits per heavy atom. The molecule has 0 aromatic rings. The van der Waals surface area contributed by atoms with E-state index in [1.807, 2.05) is 0 Å². The van der Waals surface area contributed by atoms with Crippen LogP contribution in [0.15, 0.2) is 0 Å². The number of nitrogens with one attached hydrogen (secondary N) is 1. The van der Waals surface area contributed by atoms with Crippen molar-refractivity contribution < 1.29 is 4.79 Å². The quantitative estimate of drug-likeness (QED) is 0.834. The van der Waals surface area contributed by atoms with Crippen LogP contribution in [-0.2, 0) is 4.79 Å². The SMILES string of the molecule is CC(C)C1NC(C)N(CCC2CCCCC2)C1=O. The van der Waals surface area contributed by atoms with Crippen LogP contribution in [0.2, 0.25) is 0 Å². The molecule has 2 rings (SSSR count). The van der Waals surface area contributed by atoms with Crippen molar-refractivity contribution in [1.29, 1.82) is 0 Å². The van der Waals surface area contributed by atoms with E-state index in [0.717, 1.165) is 12.5 Å². The maximum absolute atomic E-state index is 12.3. The van der Waals surface area contributed by atoms with Crippen molar-refractivity contribution in [3.05, 3.63) is 0 Å². The largest absolute Gasteiger partial charge is 0.326 e. The first kappa shape index (κ1) is 13.9. The van der Waals surface area contributed by atoms with Gasteiger partial charge in [-0.3, -0.25) is 10.1 Å². The summed E-state index contributed by atoms with van der Waals surface area (Å²) in [6.07, 6.45) is 8.35. The smallest absolute Gasteiger partial charge is 0.241 e. The van der Waals surface area contributed by atoms with E-state index >= 15 is 0 Å². The van der Waals surface area contributed by atoms with Crippen LogP contribution in [0, 0.1) is 11.8 Å². The van der Waals surface area contributed by atoms with Crippen molar-refractivity contribution in [3.63, 3.8) is 0 Å². The van der Waals surface area contributed by atoms with Gasteiger partial charge in [0.1, 0.15) is 0 Å². The predicted octanol–water partition coefficient (Wildman–Crippen LogP) is 2.76. The van der Waals surface area contributed by atoms with Gasteiger partial charge in [0, 0.05) is 6.54 Å². The predicted molar refractivity (Wildman–Crippen MR) is 74.1 cm³/mol. The number of carbonyl (C=O) groups excluding carboxylic acids is 1. The van der Waals surface area contributed by atoms with E-state index in [1.165, 1.54) is 38.5 Å². The first-order valence-corrected chi connectivity index (χ1v) is 7.66. The molecule has 1 aliphatic heterocycles. The molecule has 3 nitrogen and oxygen atoms in total. The van der Waals surface area contributed by atoms with Crippen LogP contribution in [0.3, 0.4) is 0 Å². The molecule has 0 bridgehead atoms. The molecule has 0 spiro atoms. The van der Waals surface area contributed by atoms with Gasteiger partial charge in [-0.05, 0) is 25.2 Å². The maximum atomic E-state index is 12.3. The van der Waals surface area contributed by atoms with Crippen LogP contribution in [0.25, 0.3) is 0 Å². The zero-order chi connectivity index (χ0) is 13.1. The normalized spacial score (nSPS) is 30.4. The third-order valence-electron chi connectivity index (χ3n) is 4.61. The van der Waals surface area contributed by atoms with Gasteiger partial charge in [0.25, 0.3) is 0 Å². The van der Waals surface area contributed by atoms with Crippen molar-refractivity contribution >= 4 is 5.91 Å². The number of hydrogen-bond acceptors (Lipinski definition) is 2. The minimum absolute atomic E-state index is 0.0337. The van der Waals surface area contributed by atoms with E-state index in [9.17, 15) is 4.79 Å². The monoisotopic (exact) mass is 252 g/mol. The van der Waals surface area contributed by atoms with Crippen LogP contribution in [0.1, 0.15) is 59.3 Å². The van der Waals surface area contributed by atoms with E-state index in [0.29, 0.717) is 11.8 Å². The summed E-state index contributed by atoms with van der Waals surface area (Å²) in [4.78, 5) is 14.3. The number of rotatable bonds is 4. The highest BCUT2D eigenvalue weighted by molar-refractivity contribution is 5.84. The molecule has 1 aliphatic carbocycles. The lowest BCUT2D eigenvalue weighted by atomic mass is 9.87. The highest BCUT2D eigenvalue weighted by Gasteiger charge is 2.37. The van der Waals surface area contributed by atoms with Crippen LogP contribution >= 0.6 is 0 Å². The van der Waals surface area contributed by atoms with Crippen LogP contribution in [-0.4, -0.2) is 29.6 Å². The topological polar surface area (TPSA) is 32.3 Å². The molecule has 1 heterocycles. The average molecular weight is 252 g/mol. The van der Waals surface area contributed by atoms with Crippen LogP contribution < -0.4 is 5.32 Å². The van der Waals surface area contributed by atoms with Crippen molar-refractivity contribution in [2.24, 2.45) is 11.8 Å². The molecule has 18 heavy (non-hydrogen) atoms. The van der Waals surface area contributed by atoms with Gasteiger partial charge in [-0.1, -0.05) is 46.0 Å². The van der Waals surface area contributed by atoms with Gasteiger partial charge < -0.3 is 4.90 Å². The number of amides is 1. The highest BCUT2D eigenvalue weighted by atomic mass is 16.2. The lowest BCUT2D eigenvalue weighted by molar-refractivity contribution is -0.130. The van der Waals surface area contributed by atoms with Crippen LogP contribution in [0.5, 0.6) is 0 Å². The fourth-order valence-electron chi connectivity index (χ4n) is 3.37. The molecule has 0 aromatic heterocycles. The Morgan fingerprint density at radius 2 is 1.94 bits per heavy atom. The first-order valence-electron chi connectivity index (χ1n) is 7.66. The fourth-order valence-corrected chi connectivity index (χ4v) is 3.37. The molecule has 1 saturated carbocycles.